The molecule has 0 aliphatic heterocycles. The van der Waals surface area contributed by atoms with Gasteiger partial charge in [-0.25, -0.2) is 13.2 Å². The highest BCUT2D eigenvalue weighted by Gasteiger charge is 2.24. The maximum Gasteiger partial charge on any atom is 0.338 e. The largest absolute Gasteiger partial charge is 0.495 e. The number of rotatable bonds is 8. The fraction of sp³-hybridized carbons (Fsp3) is 0.417. The first-order valence-corrected chi connectivity index (χ1v) is 12.3. The number of hydrogen-bond acceptors (Lipinski definition) is 6. The molecule has 9 heteroatoms. The molecule has 8 nitrogen and oxygen atoms in total. The number of anilines is 1. The van der Waals surface area contributed by atoms with Crippen LogP contribution in [0.5, 0.6) is 5.75 Å². The molecule has 0 spiro atoms. The Bertz CT molecular complexity index is 1080. The molecule has 1 fully saturated rings. The smallest absolute Gasteiger partial charge is 0.338 e. The average molecular weight is 475 g/mol. The molecule has 1 saturated carbocycles. The van der Waals surface area contributed by atoms with E-state index in [1.54, 1.807) is 24.3 Å². The Hall–Kier alpha value is -3.07. The van der Waals surface area contributed by atoms with Crippen molar-refractivity contribution in [3.05, 3.63) is 54.1 Å². The molecule has 0 bridgehead atoms. The SMILES string of the molecule is COc1ccccc1N(C)S(=O)(=O)c1ccc(C(=O)OCC(=O)NC2CCC(C)CC2)cc1. The van der Waals surface area contributed by atoms with Crippen molar-refractivity contribution in [3.63, 3.8) is 0 Å². The summed E-state index contributed by atoms with van der Waals surface area (Å²) in [5, 5.41) is 2.90. The molecule has 0 atom stereocenters. The molecular formula is C24H30N2O6S. The fourth-order valence-corrected chi connectivity index (χ4v) is 5.03. The predicted octanol–water partition coefficient (Wildman–Crippen LogP) is 3.37. The predicted molar refractivity (Wildman–Crippen MR) is 125 cm³/mol. The average Bonchev–Trinajstić information content (AvgIpc) is 2.83. The van der Waals surface area contributed by atoms with Crippen LogP contribution in [0.25, 0.3) is 0 Å². The molecule has 33 heavy (non-hydrogen) atoms. The zero-order valence-corrected chi connectivity index (χ0v) is 19.9. The summed E-state index contributed by atoms with van der Waals surface area (Å²) >= 11 is 0. The van der Waals surface area contributed by atoms with Gasteiger partial charge in [0.2, 0.25) is 0 Å². The monoisotopic (exact) mass is 474 g/mol. The van der Waals surface area contributed by atoms with Crippen molar-refractivity contribution >= 4 is 27.6 Å². The van der Waals surface area contributed by atoms with Crippen molar-refractivity contribution in [2.24, 2.45) is 5.92 Å². The van der Waals surface area contributed by atoms with Crippen LogP contribution in [0.1, 0.15) is 43.0 Å². The Morgan fingerprint density at radius 3 is 2.30 bits per heavy atom. The van der Waals surface area contributed by atoms with E-state index in [4.69, 9.17) is 9.47 Å². The molecule has 2 aromatic rings. The van der Waals surface area contributed by atoms with Crippen LogP contribution in [0.15, 0.2) is 53.4 Å². The van der Waals surface area contributed by atoms with Gasteiger partial charge < -0.3 is 14.8 Å². The van der Waals surface area contributed by atoms with E-state index in [9.17, 15) is 18.0 Å². The Morgan fingerprint density at radius 2 is 1.67 bits per heavy atom. The lowest BCUT2D eigenvalue weighted by Gasteiger charge is -2.26. The molecule has 0 radical (unpaired) electrons. The Balaban J connectivity index is 1.59. The van der Waals surface area contributed by atoms with Crippen molar-refractivity contribution in [1.29, 1.82) is 0 Å². The van der Waals surface area contributed by atoms with Crippen molar-refractivity contribution in [2.45, 2.75) is 43.5 Å². The third kappa shape index (κ3) is 6.04. The van der Waals surface area contributed by atoms with Crippen LogP contribution in [-0.2, 0) is 19.6 Å². The van der Waals surface area contributed by atoms with Crippen LogP contribution >= 0.6 is 0 Å². The highest BCUT2D eigenvalue weighted by Crippen LogP contribution is 2.31. The summed E-state index contributed by atoms with van der Waals surface area (Å²) in [6.07, 6.45) is 4.01. The molecular weight excluding hydrogens is 444 g/mol. The molecule has 2 aromatic carbocycles. The lowest BCUT2D eigenvalue weighted by Crippen LogP contribution is -2.39. The van der Waals surface area contributed by atoms with E-state index in [0.717, 1.165) is 30.0 Å². The summed E-state index contributed by atoms with van der Waals surface area (Å²) < 4.78 is 37.5. The van der Waals surface area contributed by atoms with Crippen molar-refractivity contribution < 1.29 is 27.5 Å². The van der Waals surface area contributed by atoms with Crippen molar-refractivity contribution in [2.75, 3.05) is 25.1 Å². The molecule has 1 N–H and O–H groups in total. The quantitative estimate of drug-likeness (QED) is 0.589. The van der Waals surface area contributed by atoms with Crippen LogP contribution in [0.3, 0.4) is 0 Å². The number of nitrogens with one attached hydrogen (secondary N) is 1. The Labute approximate surface area is 194 Å². The summed E-state index contributed by atoms with van der Waals surface area (Å²) in [5.41, 5.74) is 0.551. The van der Waals surface area contributed by atoms with Crippen LogP contribution in [0.4, 0.5) is 5.69 Å². The van der Waals surface area contributed by atoms with Gasteiger partial charge in [0.15, 0.2) is 6.61 Å². The van der Waals surface area contributed by atoms with Gasteiger partial charge in [-0.05, 0) is 68.0 Å². The van der Waals surface area contributed by atoms with E-state index in [0.29, 0.717) is 17.4 Å². The maximum absolute atomic E-state index is 13.0. The first-order valence-electron chi connectivity index (χ1n) is 10.9. The maximum atomic E-state index is 13.0. The molecule has 178 valence electrons. The van der Waals surface area contributed by atoms with Gasteiger partial charge in [-0.2, -0.15) is 0 Å². The van der Waals surface area contributed by atoms with Gasteiger partial charge >= 0.3 is 5.97 Å². The number of ether oxygens (including phenoxy) is 2. The summed E-state index contributed by atoms with van der Waals surface area (Å²) in [6.45, 7) is 1.83. The zero-order valence-electron chi connectivity index (χ0n) is 19.1. The molecule has 0 unspecified atom stereocenters. The van der Waals surface area contributed by atoms with E-state index < -0.39 is 16.0 Å². The van der Waals surface area contributed by atoms with Crippen LogP contribution in [0, 0.1) is 5.92 Å². The van der Waals surface area contributed by atoms with Gasteiger partial charge in [-0.1, -0.05) is 19.1 Å². The summed E-state index contributed by atoms with van der Waals surface area (Å²) in [4.78, 5) is 24.4. The number of sulfonamides is 1. The van der Waals surface area contributed by atoms with Gasteiger partial charge in [0.05, 0.1) is 23.3 Å². The third-order valence-electron chi connectivity index (χ3n) is 5.89. The Kier molecular flexibility index (Phi) is 7.97. The van der Waals surface area contributed by atoms with E-state index in [1.807, 2.05) is 0 Å². The number of hydrogen-bond donors (Lipinski definition) is 1. The van der Waals surface area contributed by atoms with Gasteiger partial charge in [-0.15, -0.1) is 0 Å². The number of carbonyl (C=O) groups is 2. The second kappa shape index (κ2) is 10.7. The number of esters is 1. The zero-order chi connectivity index (χ0) is 24.0. The minimum atomic E-state index is -3.88. The van der Waals surface area contributed by atoms with Crippen LogP contribution in [-0.4, -0.2) is 47.1 Å². The second-order valence-electron chi connectivity index (χ2n) is 8.27. The van der Waals surface area contributed by atoms with Crippen molar-refractivity contribution in [3.8, 4) is 5.75 Å². The van der Waals surface area contributed by atoms with E-state index >= 15 is 0 Å². The van der Waals surface area contributed by atoms with Gasteiger partial charge in [0, 0.05) is 13.1 Å². The number of amides is 1. The minimum Gasteiger partial charge on any atom is -0.495 e. The third-order valence-corrected chi connectivity index (χ3v) is 7.67. The van der Waals surface area contributed by atoms with Crippen LogP contribution < -0.4 is 14.4 Å². The van der Waals surface area contributed by atoms with E-state index in [1.165, 1.54) is 38.4 Å². The Morgan fingerprint density at radius 1 is 1.03 bits per heavy atom. The topological polar surface area (TPSA) is 102 Å². The first-order chi connectivity index (χ1) is 15.7. The minimum absolute atomic E-state index is 0.0109. The number of carbonyl (C=O) groups excluding carboxylic acids is 2. The first kappa shape index (κ1) is 24.6. The van der Waals surface area contributed by atoms with E-state index in [2.05, 4.69) is 12.2 Å². The molecule has 0 aromatic heterocycles. The lowest BCUT2D eigenvalue weighted by molar-refractivity contribution is -0.125. The number of nitrogens with zero attached hydrogens (tertiary/aromatic N) is 1. The summed E-state index contributed by atoms with van der Waals surface area (Å²) in [5.74, 6) is 0.0760. The molecule has 0 heterocycles. The molecule has 1 aliphatic carbocycles. The summed E-state index contributed by atoms with van der Waals surface area (Å²) in [7, 11) is -0.977. The molecule has 1 aliphatic rings. The van der Waals surface area contributed by atoms with Gasteiger partial charge in [0.25, 0.3) is 15.9 Å². The van der Waals surface area contributed by atoms with Crippen molar-refractivity contribution in [1.82, 2.24) is 5.32 Å². The lowest BCUT2D eigenvalue weighted by atomic mass is 9.87. The highest BCUT2D eigenvalue weighted by atomic mass is 32.2. The number of benzene rings is 2. The summed E-state index contributed by atoms with van der Waals surface area (Å²) in [6, 6.07) is 12.3. The number of methoxy groups -OCH3 is 1. The van der Waals surface area contributed by atoms with Crippen LogP contribution in [0.2, 0.25) is 0 Å². The number of para-hydroxylation sites is 2. The molecule has 0 saturated heterocycles. The standard InChI is InChI=1S/C24H30N2O6S/c1-17-8-12-19(13-9-17)25-23(27)16-32-24(28)18-10-14-20(15-11-18)33(29,30)26(2)21-6-4-5-7-22(21)31-3/h4-7,10-11,14-15,17,19H,8-9,12-13,16H2,1-3H3,(H,25,27). The normalized spacial score (nSPS) is 18.3. The van der Waals surface area contributed by atoms with Gasteiger partial charge in [0.1, 0.15) is 5.75 Å². The molecule has 1 amide bonds. The fourth-order valence-electron chi connectivity index (χ4n) is 3.83. The van der Waals surface area contributed by atoms with E-state index in [-0.39, 0.29) is 29.0 Å². The molecule has 3 rings (SSSR count). The highest BCUT2D eigenvalue weighted by molar-refractivity contribution is 7.92. The van der Waals surface area contributed by atoms with Gasteiger partial charge in [-0.3, -0.25) is 9.10 Å². The second-order valence-corrected chi connectivity index (χ2v) is 10.2.